The van der Waals surface area contributed by atoms with Crippen molar-refractivity contribution in [1.82, 2.24) is 19.6 Å². The lowest BCUT2D eigenvalue weighted by atomic mass is 10.2. The minimum absolute atomic E-state index is 0.480. The third-order valence-electron chi connectivity index (χ3n) is 4.18. The summed E-state index contributed by atoms with van der Waals surface area (Å²) in [5.74, 6) is 2.07. The summed E-state index contributed by atoms with van der Waals surface area (Å²) in [5, 5.41) is 9.57. The second-order valence-electron chi connectivity index (χ2n) is 6.75. The van der Waals surface area contributed by atoms with Crippen LogP contribution in [0.4, 0.5) is 0 Å². The maximum Gasteiger partial charge on any atom is 0.187 e. The van der Waals surface area contributed by atoms with Crippen LogP contribution in [0.1, 0.15) is 19.4 Å². The van der Waals surface area contributed by atoms with Crippen LogP contribution >= 0.6 is 0 Å². The van der Waals surface area contributed by atoms with E-state index >= 15 is 0 Å². The first-order valence-electron chi connectivity index (χ1n) is 8.72. The second kappa shape index (κ2) is 6.72. The molecule has 132 valence electrons. The smallest absolute Gasteiger partial charge is 0.187 e. The summed E-state index contributed by atoms with van der Waals surface area (Å²) >= 11 is 0. The van der Waals surface area contributed by atoms with E-state index in [1.807, 2.05) is 53.1 Å². The number of hydrogen-bond donors (Lipinski definition) is 1. The van der Waals surface area contributed by atoms with E-state index in [4.69, 9.17) is 15.5 Å². The molecule has 0 unspecified atom stereocenters. The van der Waals surface area contributed by atoms with Gasteiger partial charge in [0.05, 0.1) is 12.1 Å². The van der Waals surface area contributed by atoms with Crippen molar-refractivity contribution in [1.29, 1.82) is 0 Å². The van der Waals surface area contributed by atoms with Gasteiger partial charge in [-0.05, 0) is 47.9 Å². The predicted molar refractivity (Wildman–Crippen MR) is 102 cm³/mol. The first-order valence-corrected chi connectivity index (χ1v) is 8.72. The molecule has 0 aliphatic heterocycles. The molecule has 0 saturated carbocycles. The fourth-order valence-electron chi connectivity index (χ4n) is 2.82. The van der Waals surface area contributed by atoms with Gasteiger partial charge in [-0.15, -0.1) is 10.2 Å². The predicted octanol–water partition coefficient (Wildman–Crippen LogP) is 3.44. The van der Waals surface area contributed by atoms with Crippen molar-refractivity contribution in [3.63, 3.8) is 0 Å². The van der Waals surface area contributed by atoms with E-state index < -0.39 is 0 Å². The van der Waals surface area contributed by atoms with Crippen LogP contribution < -0.4 is 10.5 Å². The average Bonchev–Trinajstić information content (AvgIpc) is 3.08. The molecule has 0 aliphatic carbocycles. The van der Waals surface area contributed by atoms with Crippen LogP contribution in [0.15, 0.2) is 48.7 Å². The highest BCUT2D eigenvalue weighted by Crippen LogP contribution is 2.24. The maximum absolute atomic E-state index is 5.79. The number of benzene rings is 1. The molecule has 3 heterocycles. The molecule has 0 spiro atoms. The van der Waals surface area contributed by atoms with E-state index in [-0.39, 0.29) is 0 Å². The van der Waals surface area contributed by atoms with Crippen molar-refractivity contribution in [2.75, 3.05) is 6.61 Å². The van der Waals surface area contributed by atoms with E-state index in [2.05, 4.69) is 24.0 Å². The van der Waals surface area contributed by atoms with Crippen LogP contribution in [0.5, 0.6) is 5.75 Å². The summed E-state index contributed by atoms with van der Waals surface area (Å²) in [6.07, 6.45) is 1.93. The zero-order valence-corrected chi connectivity index (χ0v) is 14.9. The van der Waals surface area contributed by atoms with Gasteiger partial charge >= 0.3 is 0 Å². The van der Waals surface area contributed by atoms with Gasteiger partial charge in [0.15, 0.2) is 11.5 Å². The van der Waals surface area contributed by atoms with Crippen molar-refractivity contribution >= 4 is 16.6 Å². The molecule has 4 aromatic rings. The number of nitrogens with two attached hydrogens (primary N) is 1. The monoisotopic (exact) mass is 347 g/mol. The van der Waals surface area contributed by atoms with Crippen LogP contribution in [0.25, 0.3) is 28.1 Å². The van der Waals surface area contributed by atoms with Crippen molar-refractivity contribution in [2.24, 2.45) is 11.7 Å². The normalized spacial score (nSPS) is 11.5. The van der Waals surface area contributed by atoms with Gasteiger partial charge in [-0.2, -0.15) is 0 Å². The Morgan fingerprint density at radius 1 is 1.08 bits per heavy atom. The van der Waals surface area contributed by atoms with Crippen LogP contribution in [0.3, 0.4) is 0 Å². The number of rotatable bonds is 5. The highest BCUT2D eigenvalue weighted by atomic mass is 16.5. The average molecular weight is 347 g/mol. The first-order chi connectivity index (χ1) is 12.6. The third kappa shape index (κ3) is 3.11. The Morgan fingerprint density at radius 2 is 1.96 bits per heavy atom. The van der Waals surface area contributed by atoms with Crippen LogP contribution in [0.2, 0.25) is 0 Å². The van der Waals surface area contributed by atoms with Gasteiger partial charge in [0.1, 0.15) is 11.4 Å². The standard InChI is InChI=1S/C20H21N5O/c1-13(2)12-26-16-4-6-17-15(10-16)3-5-18(22-17)20-24-23-19-9-14(11-21)7-8-25(19)20/h3-10,13H,11-12,21H2,1-2H3. The van der Waals surface area contributed by atoms with Crippen LogP contribution in [0, 0.1) is 5.92 Å². The highest BCUT2D eigenvalue weighted by Gasteiger charge is 2.11. The Bertz CT molecular complexity index is 1070. The minimum atomic E-state index is 0.480. The molecule has 4 rings (SSSR count). The molecule has 0 aliphatic rings. The van der Waals surface area contributed by atoms with E-state index in [1.165, 1.54) is 0 Å². The number of pyridine rings is 2. The lowest BCUT2D eigenvalue weighted by molar-refractivity contribution is 0.271. The molecular formula is C20H21N5O. The third-order valence-corrected chi connectivity index (χ3v) is 4.18. The van der Waals surface area contributed by atoms with E-state index in [0.717, 1.165) is 33.6 Å². The quantitative estimate of drug-likeness (QED) is 0.598. The number of fused-ring (bicyclic) bond motifs is 2. The SMILES string of the molecule is CC(C)COc1ccc2nc(-c3nnc4cc(CN)ccn34)ccc2c1. The highest BCUT2D eigenvalue weighted by molar-refractivity contribution is 5.82. The van der Waals surface area contributed by atoms with Crippen molar-refractivity contribution in [3.8, 4) is 17.3 Å². The van der Waals surface area contributed by atoms with Gasteiger partial charge in [-0.1, -0.05) is 19.9 Å². The number of ether oxygens (including phenoxy) is 1. The van der Waals surface area contributed by atoms with Gasteiger partial charge in [-0.3, -0.25) is 4.40 Å². The van der Waals surface area contributed by atoms with Gasteiger partial charge in [0.25, 0.3) is 0 Å². The summed E-state index contributed by atoms with van der Waals surface area (Å²) in [5.41, 5.74) is 9.16. The molecular weight excluding hydrogens is 326 g/mol. The summed E-state index contributed by atoms with van der Waals surface area (Å²) in [6.45, 7) is 5.45. The zero-order chi connectivity index (χ0) is 18.1. The van der Waals surface area contributed by atoms with Crippen LogP contribution in [-0.4, -0.2) is 26.2 Å². The maximum atomic E-state index is 5.79. The molecule has 3 aromatic heterocycles. The molecule has 26 heavy (non-hydrogen) atoms. The molecule has 0 radical (unpaired) electrons. The molecule has 6 heteroatoms. The summed E-state index contributed by atoms with van der Waals surface area (Å²) in [7, 11) is 0. The molecule has 0 atom stereocenters. The Labute approximate surface area is 151 Å². The molecule has 0 amide bonds. The van der Waals surface area contributed by atoms with Crippen molar-refractivity contribution in [3.05, 3.63) is 54.2 Å². The minimum Gasteiger partial charge on any atom is -0.493 e. The van der Waals surface area contributed by atoms with E-state index in [0.29, 0.717) is 24.9 Å². The summed E-state index contributed by atoms with van der Waals surface area (Å²) in [4.78, 5) is 4.74. The van der Waals surface area contributed by atoms with Gasteiger partial charge in [-0.25, -0.2) is 4.98 Å². The first kappa shape index (κ1) is 16.5. The molecule has 1 aromatic carbocycles. The summed E-state index contributed by atoms with van der Waals surface area (Å²) < 4.78 is 7.72. The lowest BCUT2D eigenvalue weighted by Crippen LogP contribution is -2.04. The molecule has 6 nitrogen and oxygen atoms in total. The van der Waals surface area contributed by atoms with Crippen molar-refractivity contribution < 1.29 is 4.74 Å². The largest absolute Gasteiger partial charge is 0.493 e. The zero-order valence-electron chi connectivity index (χ0n) is 14.9. The van der Waals surface area contributed by atoms with Gasteiger partial charge in [0.2, 0.25) is 0 Å². The Kier molecular flexibility index (Phi) is 4.26. The fourth-order valence-corrected chi connectivity index (χ4v) is 2.82. The van der Waals surface area contributed by atoms with Crippen LogP contribution in [-0.2, 0) is 6.54 Å². The number of aromatic nitrogens is 4. The topological polar surface area (TPSA) is 78.3 Å². The van der Waals surface area contributed by atoms with Gasteiger partial charge in [0, 0.05) is 18.1 Å². The van der Waals surface area contributed by atoms with E-state index in [9.17, 15) is 0 Å². The second-order valence-corrected chi connectivity index (χ2v) is 6.75. The Balaban J connectivity index is 1.70. The fraction of sp³-hybridized carbons (Fsp3) is 0.250. The van der Waals surface area contributed by atoms with Gasteiger partial charge < -0.3 is 10.5 Å². The van der Waals surface area contributed by atoms with E-state index in [1.54, 1.807) is 0 Å². The number of hydrogen-bond acceptors (Lipinski definition) is 5. The number of nitrogens with zero attached hydrogens (tertiary/aromatic N) is 4. The molecule has 0 fully saturated rings. The summed E-state index contributed by atoms with van der Waals surface area (Å²) in [6, 6.07) is 13.9. The molecule has 0 bridgehead atoms. The van der Waals surface area contributed by atoms with Crippen molar-refractivity contribution in [2.45, 2.75) is 20.4 Å². The molecule has 0 saturated heterocycles. The lowest BCUT2D eigenvalue weighted by Gasteiger charge is -2.09. The Hall–Kier alpha value is -2.99. The Morgan fingerprint density at radius 3 is 2.77 bits per heavy atom. The molecule has 2 N–H and O–H groups in total.